The lowest BCUT2D eigenvalue weighted by atomic mass is 9.99. The van der Waals surface area contributed by atoms with Crippen LogP contribution in [0.3, 0.4) is 0 Å². The summed E-state index contributed by atoms with van der Waals surface area (Å²) in [6.07, 6.45) is 6.79. The molecule has 0 N–H and O–H groups in total. The molecule has 0 spiro atoms. The Kier molecular flexibility index (Phi) is 1.86. The molecule has 0 fully saturated rings. The highest BCUT2D eigenvalue weighted by molar-refractivity contribution is 5.31. The van der Waals surface area contributed by atoms with E-state index in [1.54, 1.807) is 12.1 Å². The van der Waals surface area contributed by atoms with Crippen molar-refractivity contribution < 1.29 is 5.11 Å². The summed E-state index contributed by atoms with van der Waals surface area (Å²) in [6, 6.07) is 7.15. The smallest absolute Gasteiger partial charge is 0.00209 e. The second kappa shape index (κ2) is 3.02. The molecule has 0 saturated carbocycles. The van der Waals surface area contributed by atoms with E-state index >= 15 is 0 Å². The van der Waals surface area contributed by atoms with Gasteiger partial charge >= 0.3 is 0 Å². The van der Waals surface area contributed by atoms with Gasteiger partial charge in [-0.25, -0.2) is 0 Å². The second-order valence-corrected chi connectivity index (χ2v) is 3.18. The van der Waals surface area contributed by atoms with E-state index in [0.29, 0.717) is 5.92 Å². The number of hydrogen-bond donors (Lipinski definition) is 0. The highest BCUT2D eigenvalue weighted by Crippen LogP contribution is 2.28. The summed E-state index contributed by atoms with van der Waals surface area (Å²) in [7, 11) is 0. The van der Waals surface area contributed by atoms with Crippen molar-refractivity contribution in [3.05, 3.63) is 42.0 Å². The molecule has 0 bridgehead atoms. The van der Waals surface area contributed by atoms with Crippen LogP contribution in [-0.2, 0) is 0 Å². The minimum absolute atomic E-state index is 0.0979. The lowest BCUT2D eigenvalue weighted by molar-refractivity contribution is -0.268. The predicted octanol–water partition coefficient (Wildman–Crippen LogP) is 2.19. The molecule has 1 aliphatic rings. The van der Waals surface area contributed by atoms with Crippen LogP contribution in [0, 0.1) is 0 Å². The summed E-state index contributed by atoms with van der Waals surface area (Å²) in [5, 5.41) is 10.8. The van der Waals surface area contributed by atoms with Crippen LogP contribution in [0.4, 0.5) is 0 Å². The molecular formula is C11H11O-. The zero-order valence-electron chi connectivity index (χ0n) is 6.86. The molecule has 12 heavy (non-hydrogen) atoms. The van der Waals surface area contributed by atoms with Gasteiger partial charge in [-0.2, -0.15) is 0 Å². The number of allylic oxidation sites excluding steroid dienone is 2. The summed E-state index contributed by atoms with van der Waals surface area (Å²) in [5.41, 5.74) is 1.27. The van der Waals surface area contributed by atoms with E-state index in [2.05, 4.69) is 12.2 Å². The molecule has 0 amide bonds. The lowest BCUT2D eigenvalue weighted by Crippen LogP contribution is -1.93. The van der Waals surface area contributed by atoms with Gasteiger partial charge in [0.2, 0.25) is 0 Å². The molecule has 0 saturated heterocycles. The van der Waals surface area contributed by atoms with Gasteiger partial charge in [0.15, 0.2) is 0 Å². The minimum atomic E-state index is 0.0979. The van der Waals surface area contributed by atoms with Gasteiger partial charge in [-0.05, 0) is 18.4 Å². The maximum Gasteiger partial charge on any atom is 0.00209 e. The van der Waals surface area contributed by atoms with Crippen molar-refractivity contribution >= 4 is 0 Å². The molecule has 0 heterocycles. The molecule has 62 valence electrons. The fraction of sp³-hybridized carbons (Fsp3) is 0.273. The third-order valence-corrected chi connectivity index (χ3v) is 2.32. The first-order valence-electron chi connectivity index (χ1n) is 4.30. The molecule has 1 unspecified atom stereocenters. The van der Waals surface area contributed by atoms with Crippen molar-refractivity contribution in [2.75, 3.05) is 0 Å². The second-order valence-electron chi connectivity index (χ2n) is 3.18. The highest BCUT2D eigenvalue weighted by atomic mass is 16.3. The van der Waals surface area contributed by atoms with Crippen LogP contribution in [-0.4, -0.2) is 0 Å². The Hall–Kier alpha value is -1.24. The lowest BCUT2D eigenvalue weighted by Gasteiger charge is -2.10. The van der Waals surface area contributed by atoms with Gasteiger partial charge in [0.1, 0.15) is 0 Å². The van der Waals surface area contributed by atoms with E-state index in [1.807, 2.05) is 12.1 Å². The maximum absolute atomic E-state index is 10.8. The minimum Gasteiger partial charge on any atom is -0.872 e. The van der Waals surface area contributed by atoms with E-state index in [0.717, 1.165) is 0 Å². The van der Waals surface area contributed by atoms with Gasteiger partial charge in [0.25, 0.3) is 0 Å². The van der Waals surface area contributed by atoms with E-state index < -0.39 is 0 Å². The first kappa shape index (κ1) is 7.41. The van der Waals surface area contributed by atoms with Gasteiger partial charge in [-0.3, -0.25) is 0 Å². The molecular weight excluding hydrogens is 148 g/mol. The van der Waals surface area contributed by atoms with E-state index in [9.17, 15) is 5.11 Å². The van der Waals surface area contributed by atoms with Crippen LogP contribution in [0.25, 0.3) is 0 Å². The van der Waals surface area contributed by atoms with Crippen molar-refractivity contribution in [3.8, 4) is 5.75 Å². The molecule has 1 heteroatoms. The zero-order chi connectivity index (χ0) is 8.39. The van der Waals surface area contributed by atoms with Crippen LogP contribution in [0.2, 0.25) is 0 Å². The molecule has 1 nitrogen and oxygen atoms in total. The number of rotatable bonds is 1. The monoisotopic (exact) mass is 159 g/mol. The van der Waals surface area contributed by atoms with E-state index in [4.69, 9.17) is 0 Å². The molecule has 0 radical (unpaired) electrons. The topological polar surface area (TPSA) is 23.1 Å². The van der Waals surface area contributed by atoms with E-state index in [-0.39, 0.29) is 5.75 Å². The number of benzene rings is 1. The van der Waals surface area contributed by atoms with Gasteiger partial charge in [-0.1, -0.05) is 36.4 Å². The Labute approximate surface area is 72.4 Å². The quantitative estimate of drug-likeness (QED) is 0.576. The van der Waals surface area contributed by atoms with E-state index in [1.165, 1.54) is 18.4 Å². The van der Waals surface area contributed by atoms with Crippen LogP contribution in [0.15, 0.2) is 36.4 Å². The third-order valence-electron chi connectivity index (χ3n) is 2.32. The first-order chi connectivity index (χ1) is 5.86. The van der Waals surface area contributed by atoms with Crippen molar-refractivity contribution in [1.29, 1.82) is 0 Å². The van der Waals surface area contributed by atoms with Crippen molar-refractivity contribution in [2.24, 2.45) is 0 Å². The fourth-order valence-electron chi connectivity index (χ4n) is 1.63. The first-order valence-corrected chi connectivity index (χ1v) is 4.30. The predicted molar refractivity (Wildman–Crippen MR) is 47.0 cm³/mol. The van der Waals surface area contributed by atoms with Gasteiger partial charge < -0.3 is 5.11 Å². The van der Waals surface area contributed by atoms with Crippen LogP contribution in [0.1, 0.15) is 24.3 Å². The third kappa shape index (κ3) is 1.35. The maximum atomic E-state index is 10.8. The molecule has 1 aliphatic carbocycles. The SMILES string of the molecule is [O-]c1ccc(C2C=CCC2)cc1. The summed E-state index contributed by atoms with van der Waals surface area (Å²) >= 11 is 0. The Bertz CT molecular complexity index is 284. The Morgan fingerprint density at radius 3 is 2.50 bits per heavy atom. The number of hydrogen-bond acceptors (Lipinski definition) is 1. The fourth-order valence-corrected chi connectivity index (χ4v) is 1.63. The standard InChI is InChI=1S/C11H12O/c12-11-7-5-10(6-8-11)9-3-1-2-4-9/h1,3,5-9,12H,2,4H2/p-1. The molecule has 0 aromatic heterocycles. The van der Waals surface area contributed by atoms with Crippen LogP contribution < -0.4 is 5.11 Å². The van der Waals surface area contributed by atoms with Crippen molar-refractivity contribution in [3.63, 3.8) is 0 Å². The van der Waals surface area contributed by atoms with Gasteiger partial charge in [-0.15, -0.1) is 5.75 Å². The average molecular weight is 159 g/mol. The molecule has 1 atom stereocenters. The normalized spacial score (nSPS) is 21.5. The van der Waals surface area contributed by atoms with Crippen LogP contribution in [0.5, 0.6) is 5.75 Å². The largest absolute Gasteiger partial charge is 0.872 e. The summed E-state index contributed by atoms with van der Waals surface area (Å²) < 4.78 is 0. The molecule has 0 aliphatic heterocycles. The Morgan fingerprint density at radius 2 is 1.92 bits per heavy atom. The highest BCUT2D eigenvalue weighted by Gasteiger charge is 2.10. The molecule has 1 aromatic rings. The Balaban J connectivity index is 2.23. The van der Waals surface area contributed by atoms with Crippen molar-refractivity contribution in [2.45, 2.75) is 18.8 Å². The summed E-state index contributed by atoms with van der Waals surface area (Å²) in [6.45, 7) is 0. The van der Waals surface area contributed by atoms with Crippen molar-refractivity contribution in [1.82, 2.24) is 0 Å². The van der Waals surface area contributed by atoms with Crippen LogP contribution >= 0.6 is 0 Å². The Morgan fingerprint density at radius 1 is 1.17 bits per heavy atom. The average Bonchev–Trinajstić information content (AvgIpc) is 2.58. The van der Waals surface area contributed by atoms with Gasteiger partial charge in [0, 0.05) is 5.92 Å². The zero-order valence-corrected chi connectivity index (χ0v) is 6.86. The molecule has 1 aromatic carbocycles. The molecule has 2 rings (SSSR count). The van der Waals surface area contributed by atoms with Gasteiger partial charge in [0.05, 0.1) is 0 Å². The summed E-state index contributed by atoms with van der Waals surface area (Å²) in [5.74, 6) is 0.645. The summed E-state index contributed by atoms with van der Waals surface area (Å²) in [4.78, 5) is 0.